The van der Waals surface area contributed by atoms with Gasteiger partial charge in [0.2, 0.25) is 5.78 Å². The van der Waals surface area contributed by atoms with Gasteiger partial charge >= 0.3 is 0 Å². The van der Waals surface area contributed by atoms with Crippen molar-refractivity contribution in [2.45, 2.75) is 19.9 Å². The molecule has 0 bridgehead atoms. The van der Waals surface area contributed by atoms with Crippen LogP contribution in [0.15, 0.2) is 4.42 Å². The fraction of sp³-hybridized carbons (Fsp3) is 0.429. The first-order valence-electron chi connectivity index (χ1n) is 3.45. The van der Waals surface area contributed by atoms with Crippen molar-refractivity contribution < 1.29 is 9.21 Å². The first-order valence-corrected chi connectivity index (χ1v) is 3.83. The Morgan fingerprint density at radius 2 is 2.33 bits per heavy atom. The van der Waals surface area contributed by atoms with E-state index in [2.05, 4.69) is 4.98 Å². The van der Waals surface area contributed by atoms with E-state index >= 15 is 0 Å². The minimum Gasteiger partial charge on any atom is -0.424 e. The molecule has 0 spiro atoms. The number of oxazole rings is 1. The summed E-state index contributed by atoms with van der Waals surface area (Å²) in [5.74, 6) is -0.137. The van der Waals surface area contributed by atoms with Gasteiger partial charge in [0.1, 0.15) is 0 Å². The summed E-state index contributed by atoms with van der Waals surface area (Å²) in [6.45, 7) is 3.23. The van der Waals surface area contributed by atoms with Gasteiger partial charge in [-0.15, -0.1) is 0 Å². The third kappa shape index (κ3) is 1.65. The summed E-state index contributed by atoms with van der Waals surface area (Å²) in [7, 11) is 0. The van der Waals surface area contributed by atoms with Crippen molar-refractivity contribution in [1.82, 2.24) is 4.98 Å². The monoisotopic (exact) mass is 188 g/mol. The summed E-state index contributed by atoms with van der Waals surface area (Å²) >= 11 is 5.44. The molecule has 1 atom stereocenters. The molecule has 1 heterocycles. The molecule has 5 heteroatoms. The molecular formula is C7H9ClN2O2. The molecule has 1 aromatic heterocycles. The summed E-state index contributed by atoms with van der Waals surface area (Å²) in [6.07, 6.45) is 0. The molecule has 2 N–H and O–H groups in total. The van der Waals surface area contributed by atoms with Gasteiger partial charge in [-0.25, -0.2) is 4.98 Å². The second kappa shape index (κ2) is 3.25. The Balaban J connectivity index is 3.02. The summed E-state index contributed by atoms with van der Waals surface area (Å²) in [4.78, 5) is 15.0. The molecule has 12 heavy (non-hydrogen) atoms. The highest BCUT2D eigenvalue weighted by Crippen LogP contribution is 2.15. The maximum absolute atomic E-state index is 11.3. The van der Waals surface area contributed by atoms with Crippen LogP contribution in [0, 0.1) is 6.92 Å². The van der Waals surface area contributed by atoms with Crippen LogP contribution in [0.3, 0.4) is 0 Å². The number of hydrogen-bond acceptors (Lipinski definition) is 4. The van der Waals surface area contributed by atoms with Gasteiger partial charge in [-0.2, -0.15) is 0 Å². The van der Waals surface area contributed by atoms with Crippen LogP contribution >= 0.6 is 11.6 Å². The highest BCUT2D eigenvalue weighted by molar-refractivity contribution is 6.27. The van der Waals surface area contributed by atoms with Crippen LogP contribution < -0.4 is 5.73 Å². The minimum atomic E-state index is -0.590. The normalized spacial score (nSPS) is 13.0. The van der Waals surface area contributed by atoms with E-state index in [1.807, 2.05) is 0 Å². The number of ketones is 1. The summed E-state index contributed by atoms with van der Waals surface area (Å²) in [6, 6.07) is -0.590. The lowest BCUT2D eigenvalue weighted by atomic mass is 10.1. The third-order valence-electron chi connectivity index (χ3n) is 1.41. The van der Waals surface area contributed by atoms with E-state index in [9.17, 15) is 4.79 Å². The fourth-order valence-corrected chi connectivity index (χ4v) is 1.00. The van der Waals surface area contributed by atoms with E-state index < -0.39 is 6.04 Å². The van der Waals surface area contributed by atoms with E-state index in [1.54, 1.807) is 13.8 Å². The van der Waals surface area contributed by atoms with Crippen LogP contribution in [0.2, 0.25) is 5.35 Å². The van der Waals surface area contributed by atoms with Crippen LogP contribution in [0.4, 0.5) is 0 Å². The van der Waals surface area contributed by atoms with E-state index in [0.717, 1.165) is 0 Å². The SMILES string of the molecule is Cc1nc(Cl)oc1C(=O)C(C)N. The first-order chi connectivity index (χ1) is 5.52. The Morgan fingerprint density at radius 1 is 1.75 bits per heavy atom. The van der Waals surface area contributed by atoms with Gasteiger partial charge in [-0.1, -0.05) is 0 Å². The van der Waals surface area contributed by atoms with Crippen molar-refractivity contribution >= 4 is 17.4 Å². The van der Waals surface area contributed by atoms with Crippen molar-refractivity contribution in [2.75, 3.05) is 0 Å². The lowest BCUT2D eigenvalue weighted by Gasteiger charge is -1.99. The molecule has 1 aromatic rings. The molecule has 0 saturated carbocycles. The first kappa shape index (κ1) is 9.22. The standard InChI is InChI=1S/C7H9ClN2O2/c1-3(9)5(11)6-4(2)10-7(8)12-6/h3H,9H2,1-2H3. The molecular weight excluding hydrogens is 180 g/mol. The number of carbonyl (C=O) groups excluding carboxylic acids is 1. The van der Waals surface area contributed by atoms with Crippen LogP contribution in [0.25, 0.3) is 0 Å². The molecule has 0 aliphatic carbocycles. The fourth-order valence-electron chi connectivity index (χ4n) is 0.799. The number of halogens is 1. The maximum atomic E-state index is 11.3. The molecule has 0 saturated heterocycles. The smallest absolute Gasteiger partial charge is 0.292 e. The average molecular weight is 189 g/mol. The van der Waals surface area contributed by atoms with Crippen molar-refractivity contribution in [1.29, 1.82) is 0 Å². The zero-order valence-electron chi connectivity index (χ0n) is 6.80. The summed E-state index contributed by atoms with van der Waals surface area (Å²) in [5.41, 5.74) is 5.84. The van der Waals surface area contributed by atoms with Gasteiger partial charge in [0, 0.05) is 0 Å². The number of aromatic nitrogens is 1. The highest BCUT2D eigenvalue weighted by Gasteiger charge is 2.19. The zero-order valence-corrected chi connectivity index (χ0v) is 7.55. The number of carbonyl (C=O) groups is 1. The number of nitrogens with two attached hydrogens (primary N) is 1. The topological polar surface area (TPSA) is 69.1 Å². The van der Waals surface area contributed by atoms with Gasteiger partial charge in [-0.05, 0) is 25.4 Å². The molecule has 0 aliphatic rings. The van der Waals surface area contributed by atoms with Crippen LogP contribution in [-0.4, -0.2) is 16.8 Å². The quantitative estimate of drug-likeness (QED) is 0.708. The van der Waals surface area contributed by atoms with Crippen molar-refractivity contribution in [3.05, 3.63) is 16.8 Å². The second-order valence-corrected chi connectivity index (χ2v) is 2.86. The predicted molar refractivity (Wildman–Crippen MR) is 44.2 cm³/mol. The Bertz CT molecular complexity index is 306. The number of rotatable bonds is 2. The Kier molecular flexibility index (Phi) is 2.49. The lowest BCUT2D eigenvalue weighted by molar-refractivity contribution is 0.0940. The van der Waals surface area contributed by atoms with Crippen LogP contribution in [-0.2, 0) is 0 Å². The predicted octanol–water partition coefficient (Wildman–Crippen LogP) is 1.17. The second-order valence-electron chi connectivity index (χ2n) is 2.53. The Morgan fingerprint density at radius 3 is 2.67 bits per heavy atom. The Hall–Kier alpha value is -0.870. The highest BCUT2D eigenvalue weighted by atomic mass is 35.5. The lowest BCUT2D eigenvalue weighted by Crippen LogP contribution is -2.26. The van der Waals surface area contributed by atoms with E-state index in [4.69, 9.17) is 21.8 Å². The molecule has 0 aliphatic heterocycles. The van der Waals surface area contributed by atoms with Gasteiger partial charge in [0.15, 0.2) is 5.76 Å². The summed E-state index contributed by atoms with van der Waals surface area (Å²) in [5, 5.41) is -0.0310. The zero-order chi connectivity index (χ0) is 9.30. The number of aryl methyl sites for hydroxylation is 1. The molecule has 4 nitrogen and oxygen atoms in total. The van der Waals surface area contributed by atoms with Gasteiger partial charge in [-0.3, -0.25) is 4.79 Å². The molecule has 1 unspecified atom stereocenters. The van der Waals surface area contributed by atoms with Crippen LogP contribution in [0.5, 0.6) is 0 Å². The average Bonchev–Trinajstić information content (AvgIpc) is 2.28. The Labute approximate surface area is 74.7 Å². The molecule has 0 fully saturated rings. The summed E-state index contributed by atoms with van der Waals surface area (Å²) < 4.78 is 4.86. The van der Waals surface area contributed by atoms with Crippen molar-refractivity contribution in [2.24, 2.45) is 5.73 Å². The molecule has 0 amide bonds. The number of hydrogen-bond donors (Lipinski definition) is 1. The van der Waals surface area contributed by atoms with Gasteiger partial charge in [0.05, 0.1) is 11.7 Å². The van der Waals surface area contributed by atoms with E-state index in [1.165, 1.54) is 0 Å². The molecule has 0 aromatic carbocycles. The van der Waals surface area contributed by atoms with E-state index in [0.29, 0.717) is 5.69 Å². The third-order valence-corrected chi connectivity index (χ3v) is 1.57. The van der Waals surface area contributed by atoms with Crippen molar-refractivity contribution in [3.63, 3.8) is 0 Å². The van der Waals surface area contributed by atoms with E-state index in [-0.39, 0.29) is 16.9 Å². The molecule has 0 radical (unpaired) electrons. The number of Topliss-reactive ketones (excluding diaryl/α,β-unsaturated/α-hetero) is 1. The van der Waals surface area contributed by atoms with Crippen LogP contribution in [0.1, 0.15) is 23.2 Å². The number of nitrogens with zero attached hydrogens (tertiary/aromatic N) is 1. The van der Waals surface area contributed by atoms with Gasteiger partial charge < -0.3 is 10.2 Å². The van der Waals surface area contributed by atoms with Crippen molar-refractivity contribution in [3.8, 4) is 0 Å². The minimum absolute atomic E-state index is 0.0310. The molecule has 66 valence electrons. The largest absolute Gasteiger partial charge is 0.424 e. The van der Waals surface area contributed by atoms with Gasteiger partial charge in [0.25, 0.3) is 5.35 Å². The maximum Gasteiger partial charge on any atom is 0.292 e. The molecule has 1 rings (SSSR count).